The number of hydrogen-bond donors (Lipinski definition) is 2. The van der Waals surface area contributed by atoms with Crippen molar-refractivity contribution in [3.8, 4) is 0 Å². The molecule has 0 radical (unpaired) electrons. The largest absolute Gasteiger partial charge is 0.481 e. The Bertz CT molecular complexity index is 1730. The molecule has 9 heteroatoms. The van der Waals surface area contributed by atoms with Crippen LogP contribution in [0.4, 0.5) is 4.39 Å². The number of carboxylic acid groups (broad SMARTS) is 1. The van der Waals surface area contributed by atoms with Gasteiger partial charge < -0.3 is 19.8 Å². The Morgan fingerprint density at radius 3 is 2.18 bits per heavy atom. The lowest BCUT2D eigenvalue weighted by atomic mass is 9.33. The molecule has 8 nitrogen and oxygen atoms in total. The summed E-state index contributed by atoms with van der Waals surface area (Å²) in [6, 6.07) is 5.95. The summed E-state index contributed by atoms with van der Waals surface area (Å²) in [6.07, 6.45) is 8.78. The van der Waals surface area contributed by atoms with Gasteiger partial charge in [-0.2, -0.15) is 0 Å². The average Bonchev–Trinajstić information content (AvgIpc) is 3.51. The Morgan fingerprint density at radius 1 is 0.891 bits per heavy atom. The van der Waals surface area contributed by atoms with E-state index in [1.165, 1.54) is 28.2 Å². The smallest absolute Gasteiger partial charge is 0.309 e. The molecule has 5 aliphatic carbocycles. The van der Waals surface area contributed by atoms with Crippen LogP contribution in [0.5, 0.6) is 0 Å². The van der Waals surface area contributed by atoms with E-state index >= 15 is 0 Å². The number of nitrogens with zero attached hydrogens (tertiary/aromatic N) is 1. The van der Waals surface area contributed by atoms with Gasteiger partial charge in [-0.05, 0) is 136 Å². The summed E-state index contributed by atoms with van der Waals surface area (Å²) in [7, 11) is 0. The number of aliphatic carboxylic acids is 1. The molecular formula is C46H66FNO7. The van der Waals surface area contributed by atoms with Gasteiger partial charge in [0.05, 0.1) is 23.8 Å². The van der Waals surface area contributed by atoms with Crippen LogP contribution in [-0.2, 0) is 30.5 Å². The molecule has 0 spiro atoms. The van der Waals surface area contributed by atoms with Gasteiger partial charge in [0.25, 0.3) is 0 Å². The number of ether oxygens (including phenoxy) is 1. The number of carboxylic acids is 1. The normalized spacial score (nSPS) is 35.3. The number of aliphatic hydroxyl groups excluding tert-OH is 1. The van der Waals surface area contributed by atoms with Crippen molar-refractivity contribution in [2.24, 2.45) is 56.2 Å². The van der Waals surface area contributed by atoms with Crippen molar-refractivity contribution in [1.82, 2.24) is 4.90 Å². The van der Waals surface area contributed by atoms with Crippen LogP contribution < -0.4 is 0 Å². The molecule has 0 aromatic heterocycles. The molecule has 1 aromatic carbocycles. The quantitative estimate of drug-likeness (QED) is 0.171. The average molecular weight is 764 g/mol. The van der Waals surface area contributed by atoms with Gasteiger partial charge in [-0.15, -0.1) is 0 Å². The van der Waals surface area contributed by atoms with E-state index in [-0.39, 0.29) is 64.8 Å². The minimum atomic E-state index is -1.18. The van der Waals surface area contributed by atoms with Gasteiger partial charge in [0, 0.05) is 12.0 Å². The molecule has 304 valence electrons. The summed E-state index contributed by atoms with van der Waals surface area (Å²) in [6.45, 7) is 19.1. The van der Waals surface area contributed by atoms with Crippen LogP contribution in [0.1, 0.15) is 139 Å². The fourth-order valence-electron chi connectivity index (χ4n) is 13.4. The van der Waals surface area contributed by atoms with Crippen molar-refractivity contribution in [2.75, 3.05) is 13.2 Å². The van der Waals surface area contributed by atoms with Crippen molar-refractivity contribution in [2.45, 2.75) is 146 Å². The maximum absolute atomic E-state index is 14.9. The van der Waals surface area contributed by atoms with E-state index in [1.807, 2.05) is 0 Å². The van der Waals surface area contributed by atoms with Gasteiger partial charge in [0.1, 0.15) is 18.5 Å². The highest BCUT2D eigenvalue weighted by atomic mass is 19.1. The van der Waals surface area contributed by atoms with Crippen molar-refractivity contribution in [1.29, 1.82) is 0 Å². The van der Waals surface area contributed by atoms with E-state index in [9.17, 15) is 33.8 Å². The zero-order chi connectivity index (χ0) is 40.5. The second-order valence-corrected chi connectivity index (χ2v) is 20.5. The number of hydrogen-bond acceptors (Lipinski definition) is 6. The Labute approximate surface area is 328 Å². The number of halogens is 1. The molecule has 5 aliphatic rings. The number of esters is 1. The Morgan fingerprint density at radius 2 is 1.56 bits per heavy atom. The number of carbonyl (C=O) groups excluding carboxylic acids is 3. The molecule has 0 heterocycles. The fourth-order valence-corrected chi connectivity index (χ4v) is 13.4. The number of ketones is 1. The third-order valence-electron chi connectivity index (χ3n) is 16.7. The Kier molecular flexibility index (Phi) is 10.9. The van der Waals surface area contributed by atoms with Crippen LogP contribution in [0.15, 0.2) is 35.4 Å². The number of allylic oxidation sites excluding steroid dienone is 2. The number of benzene rings is 1. The van der Waals surface area contributed by atoms with Gasteiger partial charge in [-0.1, -0.05) is 71.7 Å². The Hall–Kier alpha value is -3.07. The lowest BCUT2D eigenvalue weighted by Gasteiger charge is -2.72. The minimum absolute atomic E-state index is 0.0284. The molecule has 1 amide bonds. The first-order valence-electron chi connectivity index (χ1n) is 20.9. The first-order chi connectivity index (χ1) is 25.6. The van der Waals surface area contributed by atoms with Crippen LogP contribution >= 0.6 is 0 Å². The van der Waals surface area contributed by atoms with Gasteiger partial charge >= 0.3 is 11.9 Å². The second-order valence-electron chi connectivity index (χ2n) is 20.5. The van der Waals surface area contributed by atoms with Crippen LogP contribution in [0, 0.1) is 62.0 Å². The second kappa shape index (κ2) is 14.4. The molecule has 0 aliphatic heterocycles. The third-order valence-corrected chi connectivity index (χ3v) is 16.7. The van der Waals surface area contributed by atoms with Crippen molar-refractivity contribution >= 4 is 23.6 Å². The van der Waals surface area contributed by atoms with Crippen LogP contribution in [-0.4, -0.2) is 58.0 Å². The highest BCUT2D eigenvalue weighted by Gasteiger charge is 2.70. The molecule has 0 saturated heterocycles. The fraction of sp³-hybridized carbons (Fsp3) is 0.739. The van der Waals surface area contributed by atoms with Gasteiger partial charge in [-0.25, -0.2) is 4.39 Å². The topological polar surface area (TPSA) is 121 Å². The van der Waals surface area contributed by atoms with E-state index < -0.39 is 35.3 Å². The number of fused-ring (bicyclic) bond motifs is 7. The number of aliphatic hydroxyl groups is 1. The molecule has 55 heavy (non-hydrogen) atoms. The lowest BCUT2D eigenvalue weighted by molar-refractivity contribution is -0.233. The number of carbonyl (C=O) groups is 4. The van der Waals surface area contributed by atoms with E-state index in [0.29, 0.717) is 23.3 Å². The first kappa shape index (κ1) is 41.6. The summed E-state index contributed by atoms with van der Waals surface area (Å²) in [5, 5.41) is 19.5. The number of rotatable bonds is 11. The van der Waals surface area contributed by atoms with Gasteiger partial charge in [0.2, 0.25) is 5.91 Å². The summed E-state index contributed by atoms with van der Waals surface area (Å²) in [4.78, 5) is 54.3. The van der Waals surface area contributed by atoms with Gasteiger partial charge in [0.15, 0.2) is 5.78 Å². The highest BCUT2D eigenvalue weighted by molar-refractivity contribution is 5.93. The number of Topliss-reactive ketones (excluding diaryl/α,β-unsaturated/α-hetero) is 1. The predicted molar refractivity (Wildman–Crippen MR) is 209 cm³/mol. The third kappa shape index (κ3) is 6.70. The molecule has 0 bridgehead atoms. The van der Waals surface area contributed by atoms with E-state index in [0.717, 1.165) is 64.2 Å². The molecule has 2 N–H and O–H groups in total. The van der Waals surface area contributed by atoms with E-state index in [2.05, 4.69) is 48.5 Å². The summed E-state index contributed by atoms with van der Waals surface area (Å²) in [5.41, 5.74) is 1.43. The summed E-state index contributed by atoms with van der Waals surface area (Å²) < 4.78 is 19.9. The molecular weight excluding hydrogens is 698 g/mol. The highest BCUT2D eigenvalue weighted by Crippen LogP contribution is 2.77. The summed E-state index contributed by atoms with van der Waals surface area (Å²) >= 11 is 0. The molecule has 8 atom stereocenters. The van der Waals surface area contributed by atoms with Crippen LogP contribution in [0.25, 0.3) is 0 Å². The van der Waals surface area contributed by atoms with Crippen molar-refractivity contribution < 1.29 is 38.5 Å². The van der Waals surface area contributed by atoms with Gasteiger partial charge in [-0.3, -0.25) is 19.2 Å². The molecule has 1 aromatic rings. The zero-order valence-electron chi connectivity index (χ0n) is 34.9. The molecule has 0 unspecified atom stereocenters. The minimum Gasteiger partial charge on any atom is -0.481 e. The van der Waals surface area contributed by atoms with E-state index in [4.69, 9.17) is 4.74 Å². The van der Waals surface area contributed by atoms with Crippen molar-refractivity contribution in [3.63, 3.8) is 0 Å². The molecule has 4 saturated carbocycles. The summed E-state index contributed by atoms with van der Waals surface area (Å²) in [5.74, 6) is -0.883. The zero-order valence-corrected chi connectivity index (χ0v) is 34.9. The SMILES string of the molecule is CC(C)C1=C2[C@H]3CC[C@@H]4[C@@]5(C)CC[C@H](OC(=O)CC(C)(C)C(=O)O)C(C)(C)[C@@H]5CC[C@@]4(C)[C@]3(C)CC[C@@]2(C(=O)CN(Cc2ccc(F)cc2)C(=O)CO)CC1. The lowest BCUT2D eigenvalue weighted by Crippen LogP contribution is -2.66. The monoisotopic (exact) mass is 763 g/mol. The predicted octanol–water partition coefficient (Wildman–Crippen LogP) is 8.93. The van der Waals surface area contributed by atoms with Crippen LogP contribution in [0.3, 0.4) is 0 Å². The van der Waals surface area contributed by atoms with E-state index in [1.54, 1.807) is 26.0 Å². The molecule has 6 rings (SSSR count). The maximum Gasteiger partial charge on any atom is 0.309 e. The van der Waals surface area contributed by atoms with Crippen LogP contribution in [0.2, 0.25) is 0 Å². The maximum atomic E-state index is 14.9. The standard InChI is InChI=1S/C46H66FNO7/c1-28(2)31-16-21-46(35(50)26-48(37(51)27-49)25-29-10-12-30(47)13-11-29)23-22-44(8)32(39(31)46)14-15-34-43(7)19-18-36(55-38(52)24-41(3,4)40(53)54)42(5,6)33(43)17-20-45(34,44)9/h10-13,28,32-34,36,49H,14-27H2,1-9H3,(H,53,54)/t32-,33+,34-,36+,43+,44-,45-,46-/m1/s1. The first-order valence-corrected chi connectivity index (χ1v) is 20.9. The Balaban J connectivity index is 1.27. The molecule has 4 fully saturated rings. The number of amides is 1. The van der Waals surface area contributed by atoms with Crippen molar-refractivity contribution in [3.05, 3.63) is 46.8 Å².